The van der Waals surface area contributed by atoms with Crippen molar-refractivity contribution in [1.82, 2.24) is 10.2 Å². The monoisotopic (exact) mass is 245 g/mol. The Labute approximate surface area is 105 Å². The van der Waals surface area contributed by atoms with Crippen LogP contribution in [-0.2, 0) is 4.79 Å². The molecule has 2 rings (SSSR count). The minimum absolute atomic E-state index is 0.220. The number of anilines is 1. The maximum absolute atomic E-state index is 10.9. The van der Waals surface area contributed by atoms with E-state index in [2.05, 4.69) is 15.5 Å². The number of nitrogens with zero attached hydrogens (tertiary/aromatic N) is 2. The fraction of sp³-hybridized carbons (Fsp3) is 0.308. The molecule has 0 amide bonds. The summed E-state index contributed by atoms with van der Waals surface area (Å²) >= 11 is 0. The number of fused-ring (bicyclic) bond motifs is 1. The second-order valence-corrected chi connectivity index (χ2v) is 4.34. The van der Waals surface area contributed by atoms with Gasteiger partial charge < -0.3 is 10.4 Å². The van der Waals surface area contributed by atoms with Crippen molar-refractivity contribution in [3.63, 3.8) is 0 Å². The molecule has 94 valence electrons. The zero-order valence-corrected chi connectivity index (χ0v) is 10.3. The van der Waals surface area contributed by atoms with E-state index in [1.165, 1.54) is 0 Å². The lowest BCUT2D eigenvalue weighted by Crippen LogP contribution is -2.30. The standard InChI is InChI=1S/C13H15N3O2/c1-8(13(17)18)9(2)15-12-11-6-4-3-5-10(11)7-14-16-12/h3-9H,1-2H3,(H,15,16)(H,17,18). The number of carboxylic acid groups (broad SMARTS) is 1. The summed E-state index contributed by atoms with van der Waals surface area (Å²) in [7, 11) is 0. The highest BCUT2D eigenvalue weighted by atomic mass is 16.4. The lowest BCUT2D eigenvalue weighted by molar-refractivity contribution is -0.141. The topological polar surface area (TPSA) is 75.1 Å². The van der Waals surface area contributed by atoms with E-state index in [0.717, 1.165) is 10.8 Å². The number of aromatic nitrogens is 2. The molecule has 18 heavy (non-hydrogen) atoms. The molecule has 1 aromatic heterocycles. The SMILES string of the molecule is CC(Nc1nncc2ccccc12)C(C)C(=O)O. The Morgan fingerprint density at radius 2 is 2.06 bits per heavy atom. The van der Waals surface area contributed by atoms with E-state index in [1.807, 2.05) is 31.2 Å². The number of carboxylic acids is 1. The highest BCUT2D eigenvalue weighted by Crippen LogP contribution is 2.21. The van der Waals surface area contributed by atoms with Crippen LogP contribution in [0.2, 0.25) is 0 Å². The molecule has 0 saturated heterocycles. The Bertz CT molecular complexity index is 566. The molecule has 2 atom stereocenters. The molecule has 0 saturated carbocycles. The van der Waals surface area contributed by atoms with Gasteiger partial charge in [-0.05, 0) is 13.8 Å². The quantitative estimate of drug-likeness (QED) is 0.863. The number of hydrogen-bond donors (Lipinski definition) is 2. The van der Waals surface area contributed by atoms with E-state index in [0.29, 0.717) is 5.82 Å². The molecular weight excluding hydrogens is 230 g/mol. The smallest absolute Gasteiger partial charge is 0.308 e. The van der Waals surface area contributed by atoms with Crippen LogP contribution in [0.3, 0.4) is 0 Å². The third-order valence-corrected chi connectivity index (χ3v) is 3.07. The predicted molar refractivity (Wildman–Crippen MR) is 69.4 cm³/mol. The molecule has 0 radical (unpaired) electrons. The van der Waals surface area contributed by atoms with E-state index in [1.54, 1.807) is 13.1 Å². The van der Waals surface area contributed by atoms with Crippen molar-refractivity contribution in [2.24, 2.45) is 5.92 Å². The molecule has 1 heterocycles. The van der Waals surface area contributed by atoms with Crippen molar-refractivity contribution in [2.45, 2.75) is 19.9 Å². The zero-order valence-electron chi connectivity index (χ0n) is 10.3. The van der Waals surface area contributed by atoms with Crippen LogP contribution < -0.4 is 5.32 Å². The second kappa shape index (κ2) is 5.00. The van der Waals surface area contributed by atoms with E-state index in [9.17, 15) is 4.79 Å². The van der Waals surface area contributed by atoms with Gasteiger partial charge in [0.05, 0.1) is 12.1 Å². The summed E-state index contributed by atoms with van der Waals surface area (Å²) in [6.07, 6.45) is 1.69. The van der Waals surface area contributed by atoms with Crippen LogP contribution >= 0.6 is 0 Å². The molecule has 5 nitrogen and oxygen atoms in total. The molecule has 0 spiro atoms. The minimum Gasteiger partial charge on any atom is -0.481 e. The maximum atomic E-state index is 10.9. The lowest BCUT2D eigenvalue weighted by Gasteiger charge is -2.18. The zero-order chi connectivity index (χ0) is 13.1. The maximum Gasteiger partial charge on any atom is 0.308 e. The van der Waals surface area contributed by atoms with E-state index in [4.69, 9.17) is 5.11 Å². The lowest BCUT2D eigenvalue weighted by atomic mass is 10.0. The number of carbonyl (C=O) groups is 1. The number of benzene rings is 1. The summed E-state index contributed by atoms with van der Waals surface area (Å²) in [6.45, 7) is 3.49. The molecule has 2 N–H and O–H groups in total. The molecule has 1 aromatic carbocycles. The summed E-state index contributed by atoms with van der Waals surface area (Å²) in [4.78, 5) is 10.9. The molecule has 0 fully saturated rings. The Hall–Kier alpha value is -2.17. The first-order chi connectivity index (χ1) is 8.59. The Morgan fingerprint density at radius 3 is 2.78 bits per heavy atom. The van der Waals surface area contributed by atoms with Gasteiger partial charge in [-0.3, -0.25) is 4.79 Å². The fourth-order valence-corrected chi connectivity index (χ4v) is 1.69. The van der Waals surface area contributed by atoms with Crippen molar-refractivity contribution >= 4 is 22.6 Å². The molecule has 0 bridgehead atoms. The summed E-state index contributed by atoms with van der Waals surface area (Å²) in [6, 6.07) is 7.50. The number of aliphatic carboxylic acids is 1. The van der Waals surface area contributed by atoms with Gasteiger partial charge in [0, 0.05) is 16.8 Å². The van der Waals surface area contributed by atoms with Gasteiger partial charge in [-0.25, -0.2) is 0 Å². The average molecular weight is 245 g/mol. The molecule has 0 aliphatic carbocycles. The van der Waals surface area contributed by atoms with Crippen LogP contribution in [-0.4, -0.2) is 27.3 Å². The molecular formula is C13H15N3O2. The largest absolute Gasteiger partial charge is 0.481 e. The predicted octanol–water partition coefficient (Wildman–Crippen LogP) is 2.15. The van der Waals surface area contributed by atoms with Crippen molar-refractivity contribution in [1.29, 1.82) is 0 Å². The van der Waals surface area contributed by atoms with Crippen molar-refractivity contribution in [2.75, 3.05) is 5.32 Å². The van der Waals surface area contributed by atoms with Crippen LogP contribution in [0.1, 0.15) is 13.8 Å². The second-order valence-electron chi connectivity index (χ2n) is 4.34. The average Bonchev–Trinajstić information content (AvgIpc) is 2.38. The number of hydrogen-bond acceptors (Lipinski definition) is 4. The normalized spacial score (nSPS) is 14.1. The van der Waals surface area contributed by atoms with Gasteiger partial charge in [0.2, 0.25) is 0 Å². The fourth-order valence-electron chi connectivity index (χ4n) is 1.69. The Kier molecular flexibility index (Phi) is 3.41. The van der Waals surface area contributed by atoms with E-state index in [-0.39, 0.29) is 6.04 Å². The van der Waals surface area contributed by atoms with Crippen LogP contribution in [0.5, 0.6) is 0 Å². The van der Waals surface area contributed by atoms with Crippen molar-refractivity contribution < 1.29 is 9.90 Å². The molecule has 5 heteroatoms. The molecule has 0 aliphatic rings. The Balaban J connectivity index is 2.29. The van der Waals surface area contributed by atoms with Gasteiger partial charge in [0.15, 0.2) is 5.82 Å². The van der Waals surface area contributed by atoms with Gasteiger partial charge in [-0.2, -0.15) is 5.10 Å². The molecule has 2 unspecified atom stereocenters. The summed E-state index contributed by atoms with van der Waals surface area (Å²) in [5.74, 6) is -0.706. The summed E-state index contributed by atoms with van der Waals surface area (Å²) in [5.41, 5.74) is 0. The Morgan fingerprint density at radius 1 is 1.33 bits per heavy atom. The third kappa shape index (κ3) is 2.40. The van der Waals surface area contributed by atoms with Gasteiger partial charge in [0.1, 0.15) is 0 Å². The van der Waals surface area contributed by atoms with Crippen molar-refractivity contribution in [3.8, 4) is 0 Å². The highest BCUT2D eigenvalue weighted by Gasteiger charge is 2.20. The van der Waals surface area contributed by atoms with Gasteiger partial charge in [-0.15, -0.1) is 5.10 Å². The summed E-state index contributed by atoms with van der Waals surface area (Å²) < 4.78 is 0. The van der Waals surface area contributed by atoms with E-state index < -0.39 is 11.9 Å². The first-order valence-electron chi connectivity index (χ1n) is 5.79. The number of rotatable bonds is 4. The first-order valence-corrected chi connectivity index (χ1v) is 5.79. The highest BCUT2D eigenvalue weighted by molar-refractivity contribution is 5.91. The van der Waals surface area contributed by atoms with Crippen molar-refractivity contribution in [3.05, 3.63) is 30.5 Å². The van der Waals surface area contributed by atoms with Gasteiger partial charge >= 0.3 is 5.97 Å². The van der Waals surface area contributed by atoms with Crippen LogP contribution in [0, 0.1) is 5.92 Å². The van der Waals surface area contributed by atoms with Gasteiger partial charge in [-0.1, -0.05) is 24.3 Å². The summed E-state index contributed by atoms with van der Waals surface area (Å²) in [5, 5.41) is 21.9. The number of nitrogens with one attached hydrogen (secondary N) is 1. The molecule has 2 aromatic rings. The third-order valence-electron chi connectivity index (χ3n) is 3.07. The van der Waals surface area contributed by atoms with Gasteiger partial charge in [0.25, 0.3) is 0 Å². The first kappa shape index (κ1) is 12.3. The minimum atomic E-state index is -0.830. The van der Waals surface area contributed by atoms with E-state index >= 15 is 0 Å². The van der Waals surface area contributed by atoms with Crippen LogP contribution in [0.25, 0.3) is 10.8 Å². The van der Waals surface area contributed by atoms with Crippen LogP contribution in [0.4, 0.5) is 5.82 Å². The van der Waals surface area contributed by atoms with Crippen LogP contribution in [0.15, 0.2) is 30.5 Å². The molecule has 0 aliphatic heterocycles.